The molecule has 0 aliphatic carbocycles. The number of rotatable bonds is 6. The van der Waals surface area contributed by atoms with Gasteiger partial charge in [0.05, 0.1) is 20.8 Å². The number of methoxy groups -OCH3 is 2. The van der Waals surface area contributed by atoms with E-state index < -0.39 is 5.97 Å². The van der Waals surface area contributed by atoms with Gasteiger partial charge in [-0.25, -0.2) is 9.79 Å². The number of cyclic esters (lactones) is 1. The molecule has 2 aromatic rings. The second kappa shape index (κ2) is 7.74. The van der Waals surface area contributed by atoms with Crippen LogP contribution in [0.3, 0.4) is 0 Å². The highest BCUT2D eigenvalue weighted by molar-refractivity contribution is 6.13. The molecule has 0 spiro atoms. The van der Waals surface area contributed by atoms with E-state index in [0.29, 0.717) is 29.2 Å². The number of esters is 1. The molecule has 0 saturated heterocycles. The summed E-state index contributed by atoms with van der Waals surface area (Å²) in [6.07, 6.45) is 1.62. The fourth-order valence-corrected chi connectivity index (χ4v) is 2.57. The summed E-state index contributed by atoms with van der Waals surface area (Å²) in [4.78, 5) is 16.5. The molecule has 1 aliphatic heterocycles. The van der Waals surface area contributed by atoms with Crippen LogP contribution in [-0.4, -0.2) is 32.7 Å². The average Bonchev–Trinajstić information content (AvgIpc) is 3.03. The highest BCUT2D eigenvalue weighted by Gasteiger charge is 2.25. The van der Waals surface area contributed by atoms with Crippen LogP contribution in [0.25, 0.3) is 6.08 Å². The summed E-state index contributed by atoms with van der Waals surface area (Å²) in [5.41, 5.74) is 1.57. The first-order chi connectivity index (χ1) is 12.7. The number of ether oxygens (including phenoxy) is 4. The van der Waals surface area contributed by atoms with Gasteiger partial charge >= 0.3 is 5.97 Å². The number of aliphatic imine (C=N–C) groups is 1. The van der Waals surface area contributed by atoms with Crippen LogP contribution in [-0.2, 0) is 9.53 Å². The van der Waals surface area contributed by atoms with Crippen molar-refractivity contribution in [2.24, 2.45) is 4.99 Å². The second-order valence-corrected chi connectivity index (χ2v) is 5.38. The molecular formula is C20H19NO5. The Morgan fingerprint density at radius 2 is 1.85 bits per heavy atom. The minimum absolute atomic E-state index is 0.195. The Bertz CT molecular complexity index is 868. The van der Waals surface area contributed by atoms with Gasteiger partial charge in [-0.2, -0.15) is 0 Å². The molecule has 0 atom stereocenters. The van der Waals surface area contributed by atoms with Crippen molar-refractivity contribution in [2.45, 2.75) is 6.92 Å². The van der Waals surface area contributed by atoms with Gasteiger partial charge in [0, 0.05) is 11.1 Å². The minimum atomic E-state index is -0.515. The number of carbonyl (C=O) groups excluding carboxylic acids is 1. The van der Waals surface area contributed by atoms with Crippen molar-refractivity contribution >= 4 is 17.9 Å². The molecule has 3 rings (SSSR count). The number of para-hydroxylation sites is 1. The molecule has 0 saturated carbocycles. The fourth-order valence-electron chi connectivity index (χ4n) is 2.57. The van der Waals surface area contributed by atoms with Gasteiger partial charge in [-0.3, -0.25) is 0 Å². The van der Waals surface area contributed by atoms with Gasteiger partial charge in [0.2, 0.25) is 5.90 Å². The summed E-state index contributed by atoms with van der Waals surface area (Å²) in [7, 11) is 3.10. The van der Waals surface area contributed by atoms with Crippen molar-refractivity contribution in [3.8, 4) is 17.2 Å². The van der Waals surface area contributed by atoms with E-state index in [-0.39, 0.29) is 11.6 Å². The Labute approximate surface area is 151 Å². The maximum atomic E-state index is 12.2. The van der Waals surface area contributed by atoms with E-state index in [1.54, 1.807) is 38.5 Å². The second-order valence-electron chi connectivity index (χ2n) is 5.38. The van der Waals surface area contributed by atoms with Crippen LogP contribution >= 0.6 is 0 Å². The average molecular weight is 353 g/mol. The summed E-state index contributed by atoms with van der Waals surface area (Å²) in [5.74, 6) is 1.59. The molecule has 26 heavy (non-hydrogen) atoms. The molecule has 1 heterocycles. The number of benzene rings is 2. The third kappa shape index (κ3) is 3.54. The Kier molecular flexibility index (Phi) is 5.22. The Hall–Kier alpha value is -3.28. The van der Waals surface area contributed by atoms with Gasteiger partial charge in [-0.05, 0) is 43.3 Å². The third-order valence-electron chi connectivity index (χ3n) is 3.76. The lowest BCUT2D eigenvalue weighted by molar-refractivity contribution is -0.129. The lowest BCUT2D eigenvalue weighted by Gasteiger charge is -2.09. The zero-order valence-electron chi connectivity index (χ0n) is 14.8. The highest BCUT2D eigenvalue weighted by Crippen LogP contribution is 2.33. The lowest BCUT2D eigenvalue weighted by Crippen LogP contribution is -2.05. The molecule has 0 N–H and O–H groups in total. The van der Waals surface area contributed by atoms with Crippen molar-refractivity contribution in [2.75, 3.05) is 20.8 Å². The van der Waals surface area contributed by atoms with E-state index in [4.69, 9.17) is 18.9 Å². The first-order valence-corrected chi connectivity index (χ1v) is 8.13. The van der Waals surface area contributed by atoms with Crippen LogP contribution in [0.5, 0.6) is 17.2 Å². The Morgan fingerprint density at radius 1 is 1.08 bits per heavy atom. The van der Waals surface area contributed by atoms with Crippen LogP contribution in [0, 0.1) is 0 Å². The van der Waals surface area contributed by atoms with Gasteiger partial charge < -0.3 is 18.9 Å². The van der Waals surface area contributed by atoms with E-state index in [1.807, 2.05) is 31.2 Å². The molecule has 0 radical (unpaired) electrons. The lowest BCUT2D eigenvalue weighted by atomic mass is 10.1. The fraction of sp³-hybridized carbons (Fsp3) is 0.200. The zero-order chi connectivity index (χ0) is 18.5. The SMILES string of the molecule is CCOc1ccc(C2=NC(=Cc3cccc(OC)c3OC)C(=O)O2)cc1. The predicted molar refractivity (Wildman–Crippen MR) is 97.8 cm³/mol. The highest BCUT2D eigenvalue weighted by atomic mass is 16.6. The van der Waals surface area contributed by atoms with Crippen molar-refractivity contribution < 1.29 is 23.7 Å². The van der Waals surface area contributed by atoms with Crippen LogP contribution in [0.15, 0.2) is 53.2 Å². The molecule has 134 valence electrons. The molecule has 0 amide bonds. The van der Waals surface area contributed by atoms with Crippen LogP contribution in [0.4, 0.5) is 0 Å². The maximum absolute atomic E-state index is 12.2. The molecule has 0 aromatic heterocycles. The molecule has 2 aromatic carbocycles. The molecule has 1 aliphatic rings. The first kappa shape index (κ1) is 17.5. The van der Waals surface area contributed by atoms with E-state index in [2.05, 4.69) is 4.99 Å². The van der Waals surface area contributed by atoms with E-state index in [0.717, 1.165) is 5.75 Å². The first-order valence-electron chi connectivity index (χ1n) is 8.13. The maximum Gasteiger partial charge on any atom is 0.363 e. The van der Waals surface area contributed by atoms with Gasteiger partial charge in [0.1, 0.15) is 5.75 Å². The zero-order valence-corrected chi connectivity index (χ0v) is 14.8. The van der Waals surface area contributed by atoms with Gasteiger partial charge in [-0.1, -0.05) is 12.1 Å². The van der Waals surface area contributed by atoms with Crippen molar-refractivity contribution in [3.63, 3.8) is 0 Å². The molecule has 0 bridgehead atoms. The standard InChI is InChI=1S/C20H19NO5/c1-4-25-15-10-8-13(9-11-15)19-21-16(20(22)26-19)12-14-6-5-7-17(23-2)18(14)24-3/h5-12H,4H2,1-3H3. The molecule has 6 heteroatoms. The summed E-state index contributed by atoms with van der Waals surface area (Å²) in [6, 6.07) is 12.6. The van der Waals surface area contributed by atoms with E-state index in [9.17, 15) is 4.79 Å². The molecule has 6 nitrogen and oxygen atoms in total. The van der Waals surface area contributed by atoms with Crippen LogP contribution in [0.2, 0.25) is 0 Å². The Morgan fingerprint density at radius 3 is 2.50 bits per heavy atom. The summed E-state index contributed by atoms with van der Waals surface area (Å²) < 4.78 is 21.3. The van der Waals surface area contributed by atoms with Crippen LogP contribution in [0.1, 0.15) is 18.1 Å². The normalized spacial score (nSPS) is 14.8. The number of hydrogen-bond acceptors (Lipinski definition) is 6. The Balaban J connectivity index is 1.92. The van der Waals surface area contributed by atoms with E-state index >= 15 is 0 Å². The predicted octanol–water partition coefficient (Wildman–Crippen LogP) is 3.45. The van der Waals surface area contributed by atoms with Gasteiger partial charge in [0.15, 0.2) is 17.2 Å². The largest absolute Gasteiger partial charge is 0.494 e. The van der Waals surface area contributed by atoms with Crippen LogP contribution < -0.4 is 14.2 Å². The monoisotopic (exact) mass is 353 g/mol. The topological polar surface area (TPSA) is 66.3 Å². The van der Waals surface area contributed by atoms with Gasteiger partial charge in [-0.15, -0.1) is 0 Å². The van der Waals surface area contributed by atoms with E-state index in [1.165, 1.54) is 0 Å². The number of hydrogen-bond donors (Lipinski definition) is 0. The smallest absolute Gasteiger partial charge is 0.363 e. The third-order valence-corrected chi connectivity index (χ3v) is 3.76. The number of nitrogens with zero attached hydrogens (tertiary/aromatic N) is 1. The molecule has 0 fully saturated rings. The molecule has 0 unspecified atom stereocenters. The summed E-state index contributed by atoms with van der Waals surface area (Å²) in [5, 5.41) is 0. The van der Waals surface area contributed by atoms with Gasteiger partial charge in [0.25, 0.3) is 0 Å². The summed E-state index contributed by atoms with van der Waals surface area (Å²) >= 11 is 0. The van der Waals surface area contributed by atoms with Crippen molar-refractivity contribution in [1.82, 2.24) is 0 Å². The van der Waals surface area contributed by atoms with Crippen molar-refractivity contribution in [3.05, 3.63) is 59.3 Å². The minimum Gasteiger partial charge on any atom is -0.494 e. The molecular weight excluding hydrogens is 334 g/mol. The summed E-state index contributed by atoms with van der Waals surface area (Å²) in [6.45, 7) is 2.51. The van der Waals surface area contributed by atoms with Crippen molar-refractivity contribution in [1.29, 1.82) is 0 Å². The quantitative estimate of drug-likeness (QED) is 0.588. The number of carbonyl (C=O) groups is 1.